The van der Waals surface area contributed by atoms with Crippen molar-refractivity contribution in [3.8, 4) is 6.07 Å². The molecule has 1 aliphatic heterocycles. The summed E-state index contributed by atoms with van der Waals surface area (Å²) in [5.74, 6) is -0.689. The van der Waals surface area contributed by atoms with Gasteiger partial charge in [-0.05, 0) is 56.1 Å². The number of benzene rings is 1. The van der Waals surface area contributed by atoms with Crippen molar-refractivity contribution >= 4 is 0 Å². The molecule has 20 heavy (non-hydrogen) atoms. The monoisotopic (exact) mass is 286 g/mol. The lowest BCUT2D eigenvalue weighted by atomic mass is 9.75. The average Bonchev–Trinajstić information content (AvgIpc) is 2.41. The van der Waals surface area contributed by atoms with Crippen molar-refractivity contribution in [1.82, 2.24) is 5.32 Å². The van der Waals surface area contributed by atoms with Gasteiger partial charge in [-0.1, -0.05) is 0 Å². The molecule has 0 unspecified atom stereocenters. The number of nitrogens with one attached hydrogen (secondary N) is 1. The highest BCUT2D eigenvalue weighted by Gasteiger charge is 2.35. The maximum Gasteiger partial charge on any atom is 0.416 e. The maximum absolute atomic E-state index is 13.7. The first-order valence-electron chi connectivity index (χ1n) is 6.34. The van der Waals surface area contributed by atoms with Crippen LogP contribution in [-0.2, 0) is 12.6 Å². The molecule has 0 aromatic heterocycles. The molecule has 1 aromatic carbocycles. The Morgan fingerprint density at radius 1 is 1.25 bits per heavy atom. The molecule has 0 amide bonds. The van der Waals surface area contributed by atoms with Gasteiger partial charge in [0.1, 0.15) is 5.82 Å². The maximum atomic E-state index is 13.7. The molecule has 0 radical (unpaired) electrons. The molecule has 0 bridgehead atoms. The fourth-order valence-corrected chi connectivity index (χ4v) is 2.48. The van der Waals surface area contributed by atoms with Crippen LogP contribution in [0.15, 0.2) is 18.2 Å². The van der Waals surface area contributed by atoms with Crippen molar-refractivity contribution in [2.75, 3.05) is 13.1 Å². The molecule has 1 N–H and O–H groups in total. The van der Waals surface area contributed by atoms with Crippen LogP contribution in [0.2, 0.25) is 0 Å². The van der Waals surface area contributed by atoms with Gasteiger partial charge in [-0.2, -0.15) is 18.4 Å². The van der Waals surface area contributed by atoms with E-state index >= 15 is 0 Å². The van der Waals surface area contributed by atoms with Crippen LogP contribution < -0.4 is 5.32 Å². The first kappa shape index (κ1) is 14.8. The van der Waals surface area contributed by atoms with Gasteiger partial charge >= 0.3 is 6.18 Å². The molecular weight excluding hydrogens is 272 g/mol. The Kier molecular flexibility index (Phi) is 4.00. The summed E-state index contributed by atoms with van der Waals surface area (Å²) in [6, 6.07) is 4.53. The molecule has 2 rings (SSSR count). The van der Waals surface area contributed by atoms with E-state index in [1.165, 1.54) is 0 Å². The van der Waals surface area contributed by atoms with Crippen molar-refractivity contribution in [3.63, 3.8) is 0 Å². The fraction of sp³-hybridized carbons (Fsp3) is 0.500. The Morgan fingerprint density at radius 2 is 1.90 bits per heavy atom. The Balaban J connectivity index is 2.30. The van der Waals surface area contributed by atoms with Gasteiger partial charge in [-0.3, -0.25) is 0 Å². The summed E-state index contributed by atoms with van der Waals surface area (Å²) in [6.45, 7) is 1.24. The zero-order chi connectivity index (χ0) is 14.8. The molecule has 1 heterocycles. The molecular formula is C14H14F4N2. The molecule has 0 aliphatic carbocycles. The lowest BCUT2D eigenvalue weighted by Crippen LogP contribution is -2.37. The molecule has 1 aromatic rings. The van der Waals surface area contributed by atoms with Gasteiger partial charge in [0.25, 0.3) is 0 Å². The van der Waals surface area contributed by atoms with Gasteiger partial charge in [-0.15, -0.1) is 0 Å². The normalized spacial score (nSPS) is 18.6. The quantitative estimate of drug-likeness (QED) is 0.847. The van der Waals surface area contributed by atoms with Gasteiger partial charge in [-0.25, -0.2) is 4.39 Å². The van der Waals surface area contributed by atoms with Crippen LogP contribution in [0.1, 0.15) is 24.0 Å². The predicted molar refractivity (Wildman–Crippen MR) is 65.3 cm³/mol. The number of nitriles is 1. The van der Waals surface area contributed by atoms with E-state index in [1.807, 2.05) is 0 Å². The minimum atomic E-state index is -4.50. The van der Waals surface area contributed by atoms with E-state index in [9.17, 15) is 22.8 Å². The van der Waals surface area contributed by atoms with Crippen LogP contribution in [0.5, 0.6) is 0 Å². The Hall–Kier alpha value is -1.61. The van der Waals surface area contributed by atoms with Gasteiger partial charge in [0.05, 0.1) is 17.0 Å². The molecule has 1 saturated heterocycles. The molecule has 0 spiro atoms. The predicted octanol–water partition coefficient (Wildman–Crippen LogP) is 3.28. The molecule has 6 heteroatoms. The summed E-state index contributed by atoms with van der Waals surface area (Å²) < 4.78 is 51.7. The minimum Gasteiger partial charge on any atom is -0.317 e. The summed E-state index contributed by atoms with van der Waals surface area (Å²) in [7, 11) is 0. The number of hydrogen-bond acceptors (Lipinski definition) is 2. The van der Waals surface area contributed by atoms with Gasteiger partial charge in [0.15, 0.2) is 0 Å². The molecule has 0 saturated carbocycles. The highest BCUT2D eigenvalue weighted by Crippen LogP contribution is 2.35. The van der Waals surface area contributed by atoms with E-state index in [-0.39, 0.29) is 12.0 Å². The second-order valence-electron chi connectivity index (χ2n) is 5.12. The third-order valence-corrected chi connectivity index (χ3v) is 3.70. The van der Waals surface area contributed by atoms with Crippen LogP contribution in [-0.4, -0.2) is 13.1 Å². The summed E-state index contributed by atoms with van der Waals surface area (Å²) in [4.78, 5) is 0. The smallest absolute Gasteiger partial charge is 0.317 e. The van der Waals surface area contributed by atoms with Gasteiger partial charge in [0.2, 0.25) is 0 Å². The second kappa shape index (κ2) is 5.41. The average molecular weight is 286 g/mol. The Labute approximate surface area is 114 Å². The third kappa shape index (κ3) is 3.10. The standard InChI is InChI=1S/C14H14F4N2/c15-12-2-1-11(14(16,17)18)7-10(12)8-13(9-19)3-5-20-6-4-13/h1-2,7,20H,3-6,8H2. The number of halogens is 4. The van der Waals surface area contributed by atoms with Crippen molar-refractivity contribution in [3.05, 3.63) is 35.1 Å². The molecule has 2 nitrogen and oxygen atoms in total. The van der Waals surface area contributed by atoms with Gasteiger partial charge in [0, 0.05) is 0 Å². The van der Waals surface area contributed by atoms with Crippen molar-refractivity contribution in [2.24, 2.45) is 5.41 Å². The highest BCUT2D eigenvalue weighted by molar-refractivity contribution is 5.29. The summed E-state index contributed by atoms with van der Waals surface area (Å²) >= 11 is 0. The van der Waals surface area contributed by atoms with E-state index in [2.05, 4.69) is 11.4 Å². The zero-order valence-electron chi connectivity index (χ0n) is 10.7. The summed E-state index contributed by atoms with van der Waals surface area (Å²) in [5.41, 5.74) is -1.70. The molecule has 1 aliphatic rings. The second-order valence-corrected chi connectivity index (χ2v) is 5.12. The minimum absolute atomic E-state index is 0.0148. The van der Waals surface area contributed by atoms with Crippen molar-refractivity contribution < 1.29 is 17.6 Å². The number of hydrogen-bond donors (Lipinski definition) is 1. The summed E-state index contributed by atoms with van der Waals surface area (Å²) in [6.07, 6.45) is -3.46. The van der Waals surface area contributed by atoms with Crippen molar-refractivity contribution in [1.29, 1.82) is 5.26 Å². The number of alkyl halides is 3. The highest BCUT2D eigenvalue weighted by atomic mass is 19.4. The van der Waals surface area contributed by atoms with E-state index in [0.29, 0.717) is 25.9 Å². The molecule has 0 atom stereocenters. The number of nitrogens with zero attached hydrogens (tertiary/aromatic N) is 1. The van der Waals surface area contributed by atoms with E-state index in [0.717, 1.165) is 18.2 Å². The molecule has 1 fully saturated rings. The Morgan fingerprint density at radius 3 is 2.45 bits per heavy atom. The van der Waals surface area contributed by atoms with Crippen LogP contribution in [0.3, 0.4) is 0 Å². The van der Waals surface area contributed by atoms with Crippen LogP contribution in [0.25, 0.3) is 0 Å². The third-order valence-electron chi connectivity index (χ3n) is 3.70. The van der Waals surface area contributed by atoms with Crippen molar-refractivity contribution in [2.45, 2.75) is 25.4 Å². The van der Waals surface area contributed by atoms with Gasteiger partial charge < -0.3 is 5.32 Å². The topological polar surface area (TPSA) is 35.8 Å². The number of piperidine rings is 1. The lowest BCUT2D eigenvalue weighted by Gasteiger charge is -2.31. The first-order chi connectivity index (χ1) is 9.36. The van der Waals surface area contributed by atoms with Crippen LogP contribution >= 0.6 is 0 Å². The van der Waals surface area contributed by atoms with E-state index in [1.54, 1.807) is 0 Å². The largest absolute Gasteiger partial charge is 0.416 e. The number of rotatable bonds is 2. The molecule has 108 valence electrons. The van der Waals surface area contributed by atoms with E-state index < -0.39 is 23.0 Å². The first-order valence-corrected chi connectivity index (χ1v) is 6.34. The van der Waals surface area contributed by atoms with Crippen LogP contribution in [0, 0.1) is 22.6 Å². The van der Waals surface area contributed by atoms with E-state index in [4.69, 9.17) is 0 Å². The van der Waals surface area contributed by atoms with Crippen LogP contribution in [0.4, 0.5) is 17.6 Å². The lowest BCUT2D eigenvalue weighted by molar-refractivity contribution is -0.137. The SMILES string of the molecule is N#CC1(Cc2cc(C(F)(F)F)ccc2F)CCNCC1. The summed E-state index contributed by atoms with van der Waals surface area (Å²) in [5, 5.41) is 12.4. The Bertz CT molecular complexity index is 525. The zero-order valence-corrected chi connectivity index (χ0v) is 10.7. The fourth-order valence-electron chi connectivity index (χ4n) is 2.48.